The van der Waals surface area contributed by atoms with Crippen LogP contribution in [0.4, 0.5) is 10.1 Å². The molecule has 0 aliphatic carbocycles. The molecule has 0 atom stereocenters. The van der Waals surface area contributed by atoms with E-state index in [9.17, 15) is 9.18 Å². The summed E-state index contributed by atoms with van der Waals surface area (Å²) in [4.78, 5) is 11.5. The lowest BCUT2D eigenvalue weighted by Crippen LogP contribution is -2.12. The maximum absolute atomic E-state index is 12.9. The molecule has 6 heteroatoms. The average molecular weight is 264 g/mol. The van der Waals surface area contributed by atoms with Gasteiger partial charge < -0.3 is 14.8 Å². The Hall–Kier alpha value is -2.39. The lowest BCUT2D eigenvalue weighted by Gasteiger charge is -2.04. The minimum atomic E-state index is -0.761. The SMILES string of the molecule is COCCOC(=O)C(C#N)=CNc1cccc(F)c1. The molecule has 0 saturated carbocycles. The van der Waals surface area contributed by atoms with E-state index in [1.54, 1.807) is 12.1 Å². The number of anilines is 1. The molecule has 1 N–H and O–H groups in total. The number of esters is 1. The number of nitriles is 1. The summed E-state index contributed by atoms with van der Waals surface area (Å²) >= 11 is 0. The van der Waals surface area contributed by atoms with Crippen LogP contribution in [0.5, 0.6) is 0 Å². The number of halogens is 1. The van der Waals surface area contributed by atoms with Gasteiger partial charge in [0.05, 0.1) is 6.61 Å². The first kappa shape index (κ1) is 14.7. The quantitative estimate of drug-likeness (QED) is 0.367. The van der Waals surface area contributed by atoms with E-state index in [0.29, 0.717) is 5.69 Å². The molecule has 0 spiro atoms. The van der Waals surface area contributed by atoms with E-state index in [4.69, 9.17) is 14.7 Å². The Morgan fingerprint density at radius 1 is 1.53 bits per heavy atom. The van der Waals surface area contributed by atoms with Gasteiger partial charge in [0, 0.05) is 19.0 Å². The van der Waals surface area contributed by atoms with E-state index in [0.717, 1.165) is 0 Å². The van der Waals surface area contributed by atoms with Gasteiger partial charge >= 0.3 is 5.97 Å². The third-order valence-corrected chi connectivity index (χ3v) is 2.07. The average Bonchev–Trinajstić information content (AvgIpc) is 2.40. The van der Waals surface area contributed by atoms with Crippen molar-refractivity contribution in [2.45, 2.75) is 0 Å². The van der Waals surface area contributed by atoms with Crippen LogP contribution in [0.2, 0.25) is 0 Å². The Kier molecular flexibility index (Phi) is 6.06. The number of rotatable bonds is 6. The molecule has 0 amide bonds. The van der Waals surface area contributed by atoms with Gasteiger partial charge in [-0.3, -0.25) is 0 Å². The number of hydrogen-bond donors (Lipinski definition) is 1. The van der Waals surface area contributed by atoms with Crippen LogP contribution in [-0.2, 0) is 14.3 Å². The molecule has 0 radical (unpaired) electrons. The number of methoxy groups -OCH3 is 1. The number of nitrogens with one attached hydrogen (secondary N) is 1. The smallest absolute Gasteiger partial charge is 0.350 e. The first-order chi connectivity index (χ1) is 9.17. The Morgan fingerprint density at radius 2 is 2.32 bits per heavy atom. The number of benzene rings is 1. The van der Waals surface area contributed by atoms with E-state index in [1.165, 1.54) is 31.5 Å². The van der Waals surface area contributed by atoms with Crippen LogP contribution in [-0.4, -0.2) is 26.3 Å². The minimum Gasteiger partial charge on any atom is -0.459 e. The summed E-state index contributed by atoms with van der Waals surface area (Å²) in [5, 5.41) is 11.5. The first-order valence-corrected chi connectivity index (χ1v) is 5.46. The van der Waals surface area contributed by atoms with Gasteiger partial charge in [0.25, 0.3) is 0 Å². The molecule has 0 heterocycles. The van der Waals surface area contributed by atoms with Crippen LogP contribution in [0, 0.1) is 17.1 Å². The second-order valence-corrected chi connectivity index (χ2v) is 3.45. The van der Waals surface area contributed by atoms with E-state index in [-0.39, 0.29) is 18.8 Å². The Labute approximate surface area is 110 Å². The van der Waals surface area contributed by atoms with Gasteiger partial charge in [0.2, 0.25) is 0 Å². The number of hydrogen-bond acceptors (Lipinski definition) is 5. The number of carbonyl (C=O) groups is 1. The second-order valence-electron chi connectivity index (χ2n) is 3.45. The van der Waals surface area contributed by atoms with E-state index in [2.05, 4.69) is 5.32 Å². The summed E-state index contributed by atoms with van der Waals surface area (Å²) in [5.74, 6) is -1.18. The van der Waals surface area contributed by atoms with Crippen molar-refractivity contribution < 1.29 is 18.7 Å². The number of carbonyl (C=O) groups excluding carboxylic acids is 1. The van der Waals surface area contributed by atoms with E-state index < -0.39 is 11.8 Å². The summed E-state index contributed by atoms with van der Waals surface area (Å²) < 4.78 is 22.4. The van der Waals surface area contributed by atoms with Crippen molar-refractivity contribution in [1.29, 1.82) is 5.26 Å². The molecule has 5 nitrogen and oxygen atoms in total. The van der Waals surface area contributed by atoms with Gasteiger partial charge in [0.15, 0.2) is 5.57 Å². The number of nitrogens with zero attached hydrogens (tertiary/aromatic N) is 1. The van der Waals surface area contributed by atoms with Crippen molar-refractivity contribution in [1.82, 2.24) is 0 Å². The largest absolute Gasteiger partial charge is 0.459 e. The zero-order valence-electron chi connectivity index (χ0n) is 10.4. The molecular weight excluding hydrogens is 251 g/mol. The maximum atomic E-state index is 12.9. The van der Waals surface area contributed by atoms with Crippen LogP contribution < -0.4 is 5.32 Å². The highest BCUT2D eigenvalue weighted by atomic mass is 19.1. The fourth-order valence-electron chi connectivity index (χ4n) is 1.17. The summed E-state index contributed by atoms with van der Waals surface area (Å²) in [6.07, 6.45) is 1.17. The van der Waals surface area contributed by atoms with Crippen LogP contribution in [0.25, 0.3) is 0 Å². The van der Waals surface area contributed by atoms with Crippen LogP contribution in [0.15, 0.2) is 36.0 Å². The molecule has 0 aromatic heterocycles. The third kappa shape index (κ3) is 5.19. The molecule has 19 heavy (non-hydrogen) atoms. The molecule has 0 aliphatic heterocycles. The lowest BCUT2D eigenvalue weighted by atomic mass is 10.3. The minimum absolute atomic E-state index is 0.0638. The highest BCUT2D eigenvalue weighted by Gasteiger charge is 2.10. The standard InChI is InChI=1S/C13H13FN2O3/c1-18-5-6-19-13(17)10(8-15)9-16-12-4-2-3-11(14)7-12/h2-4,7,9,16H,5-6H2,1H3. The monoisotopic (exact) mass is 264 g/mol. The van der Waals surface area contributed by atoms with Crippen molar-refractivity contribution in [3.05, 3.63) is 41.9 Å². The topological polar surface area (TPSA) is 71.3 Å². The summed E-state index contributed by atoms with van der Waals surface area (Å²) in [7, 11) is 1.47. The molecular formula is C13H13FN2O3. The molecule has 0 aliphatic rings. The molecule has 100 valence electrons. The predicted octanol–water partition coefficient (Wildman–Crippen LogP) is 1.83. The van der Waals surface area contributed by atoms with Crippen molar-refractivity contribution in [2.24, 2.45) is 0 Å². The molecule has 0 fully saturated rings. The number of ether oxygens (including phenoxy) is 2. The van der Waals surface area contributed by atoms with Gasteiger partial charge in [-0.1, -0.05) is 6.07 Å². The molecule has 1 aromatic rings. The Bertz CT molecular complexity index is 509. The Balaban J connectivity index is 2.62. The fourth-order valence-corrected chi connectivity index (χ4v) is 1.17. The zero-order chi connectivity index (χ0) is 14.1. The molecule has 1 aromatic carbocycles. The second kappa shape index (κ2) is 7.84. The van der Waals surface area contributed by atoms with Crippen molar-refractivity contribution in [3.63, 3.8) is 0 Å². The summed E-state index contributed by atoms with van der Waals surface area (Å²) in [6, 6.07) is 7.34. The molecule has 0 unspecified atom stereocenters. The lowest BCUT2D eigenvalue weighted by molar-refractivity contribution is -0.139. The van der Waals surface area contributed by atoms with E-state index >= 15 is 0 Å². The van der Waals surface area contributed by atoms with Gasteiger partial charge in [0.1, 0.15) is 18.5 Å². The molecule has 0 bridgehead atoms. The van der Waals surface area contributed by atoms with Crippen molar-refractivity contribution >= 4 is 11.7 Å². The summed E-state index contributed by atoms with van der Waals surface area (Å²) in [6.45, 7) is 0.316. The van der Waals surface area contributed by atoms with Crippen LogP contribution in [0.1, 0.15) is 0 Å². The van der Waals surface area contributed by atoms with E-state index in [1.807, 2.05) is 0 Å². The first-order valence-electron chi connectivity index (χ1n) is 5.46. The molecule has 1 rings (SSSR count). The normalized spacial score (nSPS) is 10.7. The maximum Gasteiger partial charge on any atom is 0.350 e. The van der Waals surface area contributed by atoms with Crippen molar-refractivity contribution in [2.75, 3.05) is 25.6 Å². The zero-order valence-corrected chi connectivity index (χ0v) is 10.4. The Morgan fingerprint density at radius 3 is 2.95 bits per heavy atom. The molecule has 0 saturated heterocycles. The van der Waals surface area contributed by atoms with Gasteiger partial charge in [-0.05, 0) is 18.2 Å². The van der Waals surface area contributed by atoms with Gasteiger partial charge in [-0.2, -0.15) is 5.26 Å². The third-order valence-electron chi connectivity index (χ3n) is 2.07. The van der Waals surface area contributed by atoms with Gasteiger partial charge in [-0.25, -0.2) is 9.18 Å². The van der Waals surface area contributed by atoms with Crippen LogP contribution in [0.3, 0.4) is 0 Å². The highest BCUT2D eigenvalue weighted by molar-refractivity contribution is 5.93. The fraction of sp³-hybridized carbons (Fsp3) is 0.231. The van der Waals surface area contributed by atoms with Crippen LogP contribution >= 0.6 is 0 Å². The summed E-state index contributed by atoms with van der Waals surface area (Å²) in [5.41, 5.74) is 0.220. The predicted molar refractivity (Wildman–Crippen MR) is 66.6 cm³/mol. The van der Waals surface area contributed by atoms with Crippen molar-refractivity contribution in [3.8, 4) is 6.07 Å². The van der Waals surface area contributed by atoms with Gasteiger partial charge in [-0.15, -0.1) is 0 Å². The highest BCUT2D eigenvalue weighted by Crippen LogP contribution is 2.09.